The molecule has 0 saturated carbocycles. The van der Waals surface area contributed by atoms with Crippen molar-refractivity contribution in [2.24, 2.45) is 0 Å². The Hall–Kier alpha value is -0.318. The first-order chi connectivity index (χ1) is 3.00. The molecule has 0 unspecified atom stereocenters. The molecule has 1 heterocycles. The Morgan fingerprint density at radius 2 is 1.43 bits per heavy atom. The Bertz CT molecular complexity index is 80.0. The van der Waals surface area contributed by atoms with Crippen molar-refractivity contribution in [1.29, 1.82) is 0 Å². The Morgan fingerprint density at radius 3 is 1.57 bits per heavy atom. The van der Waals surface area contributed by atoms with Crippen LogP contribution in [0.2, 0.25) is 0 Å². The molecule has 0 atom stereocenters. The summed E-state index contributed by atoms with van der Waals surface area (Å²) in [6.45, 7) is 0. The molecule has 0 aliphatic heterocycles. The van der Waals surface area contributed by atoms with Gasteiger partial charge in [0.05, 0.1) is 0 Å². The molecule has 0 amide bonds. The Morgan fingerprint density at radius 1 is 0.857 bits per heavy atom. The fourth-order valence-corrected chi connectivity index (χ4v) is 0.313. The van der Waals surface area contributed by atoms with Gasteiger partial charge in [-0.05, 0) is 12.1 Å². The topological polar surface area (TPSA) is 12.9 Å². The number of hydrogen-bond donors (Lipinski definition) is 0. The zero-order chi connectivity index (χ0) is 4.24. The van der Waals surface area contributed by atoms with Gasteiger partial charge >= 0.3 is 0 Å². The van der Waals surface area contributed by atoms with E-state index in [0.29, 0.717) is 0 Å². The largest absolute Gasteiger partial charge is 0.265 e. The Kier molecular flexibility index (Phi) is 3.68. The molecule has 1 nitrogen and oxygen atoms in total. The predicted molar refractivity (Wildman–Crippen MR) is 24.2 cm³/mol. The summed E-state index contributed by atoms with van der Waals surface area (Å²) in [4.78, 5) is 3.78. The molecule has 7 heavy (non-hydrogen) atoms. The van der Waals surface area contributed by atoms with E-state index in [9.17, 15) is 0 Å². The summed E-state index contributed by atoms with van der Waals surface area (Å²) in [6.07, 6.45) is 3.50. The fraction of sp³-hybridized carbons (Fsp3) is 0. The summed E-state index contributed by atoms with van der Waals surface area (Å²) in [5.74, 6) is 0. The van der Waals surface area contributed by atoms with Gasteiger partial charge in [0, 0.05) is 29.8 Å². The summed E-state index contributed by atoms with van der Waals surface area (Å²) in [5, 5.41) is 0. The minimum Gasteiger partial charge on any atom is -0.265 e. The van der Waals surface area contributed by atoms with Crippen LogP contribution in [0.25, 0.3) is 0 Å². The van der Waals surface area contributed by atoms with Crippen LogP contribution in [0.15, 0.2) is 30.6 Å². The van der Waals surface area contributed by atoms with Crippen molar-refractivity contribution in [3.8, 4) is 0 Å². The van der Waals surface area contributed by atoms with Crippen molar-refractivity contribution in [3.63, 3.8) is 0 Å². The third-order valence-corrected chi connectivity index (χ3v) is 0.566. The van der Waals surface area contributed by atoms with Gasteiger partial charge in [-0.25, -0.2) is 0 Å². The third kappa shape index (κ3) is 2.39. The van der Waals surface area contributed by atoms with Gasteiger partial charge in [0.1, 0.15) is 0 Å². The summed E-state index contributed by atoms with van der Waals surface area (Å²) >= 11 is 0. The van der Waals surface area contributed by atoms with E-state index in [4.69, 9.17) is 0 Å². The minimum absolute atomic E-state index is 0. The van der Waals surface area contributed by atoms with Crippen molar-refractivity contribution in [2.45, 2.75) is 0 Å². The number of nitrogens with zero attached hydrogens (tertiary/aromatic N) is 1. The van der Waals surface area contributed by atoms with Crippen molar-refractivity contribution >= 4 is 0 Å². The zero-order valence-corrected chi connectivity index (χ0v) is 5.02. The minimum atomic E-state index is 0. The van der Waals surface area contributed by atoms with Crippen LogP contribution < -0.4 is 0 Å². The van der Waals surface area contributed by atoms with E-state index < -0.39 is 0 Å². The van der Waals surface area contributed by atoms with Crippen molar-refractivity contribution < 1.29 is 17.4 Å². The second kappa shape index (κ2) is 3.86. The smallest absolute Gasteiger partial charge is 0.0267 e. The monoisotopic (exact) mass is 131 g/mol. The summed E-state index contributed by atoms with van der Waals surface area (Å²) < 4.78 is 0. The molecule has 1 rings (SSSR count). The van der Waals surface area contributed by atoms with Gasteiger partial charge in [-0.2, -0.15) is 0 Å². The maximum atomic E-state index is 3.78. The summed E-state index contributed by atoms with van der Waals surface area (Å²) in [5.41, 5.74) is 0. The molecule has 1 aromatic heterocycles. The van der Waals surface area contributed by atoms with E-state index in [1.165, 1.54) is 0 Å². The standard InChI is InChI=1S/C5H5N.Cr/c1-2-4-6-5-3-1;/h1-5H;. The van der Waals surface area contributed by atoms with Gasteiger partial charge in [-0.1, -0.05) is 6.07 Å². The first-order valence-electron chi connectivity index (χ1n) is 1.85. The summed E-state index contributed by atoms with van der Waals surface area (Å²) in [7, 11) is 0. The molecular formula is C5H5CrN. The van der Waals surface area contributed by atoms with Crippen molar-refractivity contribution in [1.82, 2.24) is 4.98 Å². The van der Waals surface area contributed by atoms with E-state index in [1.807, 2.05) is 18.2 Å². The molecule has 0 saturated heterocycles. The van der Waals surface area contributed by atoms with Gasteiger partial charge in [0.25, 0.3) is 0 Å². The molecule has 0 N–H and O–H groups in total. The normalized spacial score (nSPS) is 6.86. The Labute approximate surface area is 53.5 Å². The van der Waals surface area contributed by atoms with Gasteiger partial charge in [0.2, 0.25) is 0 Å². The van der Waals surface area contributed by atoms with Gasteiger partial charge in [-0.3, -0.25) is 4.98 Å². The Balaban J connectivity index is 0.000000360. The maximum Gasteiger partial charge on any atom is 0.0267 e. The second-order valence-corrected chi connectivity index (χ2v) is 1.02. The predicted octanol–water partition coefficient (Wildman–Crippen LogP) is 1.08. The quantitative estimate of drug-likeness (QED) is 0.513. The maximum absolute atomic E-state index is 3.78. The molecule has 0 aliphatic rings. The van der Waals surface area contributed by atoms with Crippen molar-refractivity contribution in [3.05, 3.63) is 30.6 Å². The van der Waals surface area contributed by atoms with E-state index in [1.54, 1.807) is 12.4 Å². The molecule has 0 bridgehead atoms. The van der Waals surface area contributed by atoms with Crippen LogP contribution in [0.4, 0.5) is 0 Å². The van der Waals surface area contributed by atoms with Crippen LogP contribution in [0, 0.1) is 0 Å². The van der Waals surface area contributed by atoms with E-state index in [0.717, 1.165) is 0 Å². The van der Waals surface area contributed by atoms with Gasteiger partial charge < -0.3 is 0 Å². The first kappa shape index (κ1) is 6.68. The average Bonchev–Trinajstić information content (AvgIpc) is 1.72. The van der Waals surface area contributed by atoms with E-state index in [-0.39, 0.29) is 17.4 Å². The number of hydrogen-bond acceptors (Lipinski definition) is 1. The van der Waals surface area contributed by atoms with Crippen LogP contribution in [0.1, 0.15) is 0 Å². The molecule has 1 aromatic rings. The van der Waals surface area contributed by atoms with Crippen LogP contribution >= 0.6 is 0 Å². The van der Waals surface area contributed by atoms with Gasteiger partial charge in [0.15, 0.2) is 0 Å². The van der Waals surface area contributed by atoms with Crippen LogP contribution in [0.3, 0.4) is 0 Å². The second-order valence-electron chi connectivity index (χ2n) is 1.02. The van der Waals surface area contributed by atoms with Crippen LogP contribution in [-0.4, -0.2) is 4.98 Å². The van der Waals surface area contributed by atoms with Crippen LogP contribution in [-0.2, 0) is 17.4 Å². The molecular weight excluding hydrogens is 126 g/mol. The molecule has 0 radical (unpaired) electrons. The number of rotatable bonds is 0. The molecule has 36 valence electrons. The molecule has 0 spiro atoms. The van der Waals surface area contributed by atoms with Gasteiger partial charge in [-0.15, -0.1) is 0 Å². The van der Waals surface area contributed by atoms with E-state index in [2.05, 4.69) is 4.98 Å². The fourth-order valence-electron chi connectivity index (χ4n) is 0.313. The molecule has 0 aliphatic carbocycles. The van der Waals surface area contributed by atoms with Crippen molar-refractivity contribution in [2.75, 3.05) is 0 Å². The molecule has 2 heteroatoms. The SMILES string of the molecule is [Cr].c1ccncc1. The van der Waals surface area contributed by atoms with Crippen LogP contribution in [0.5, 0.6) is 0 Å². The first-order valence-corrected chi connectivity index (χ1v) is 1.85. The summed E-state index contributed by atoms with van der Waals surface area (Å²) in [6, 6.07) is 5.72. The number of pyridine rings is 1. The molecule has 0 fully saturated rings. The zero-order valence-electron chi connectivity index (χ0n) is 3.74. The average molecular weight is 131 g/mol. The van der Waals surface area contributed by atoms with E-state index >= 15 is 0 Å². The number of aromatic nitrogens is 1. The molecule has 0 aromatic carbocycles. The third-order valence-electron chi connectivity index (χ3n) is 0.566.